The first-order valence-electron chi connectivity index (χ1n) is 8.05. The van der Waals surface area contributed by atoms with E-state index in [1.165, 1.54) is 18.2 Å². The Morgan fingerprint density at radius 2 is 2.20 bits per heavy atom. The van der Waals surface area contributed by atoms with Crippen LogP contribution in [-0.2, 0) is 7.05 Å². The zero-order valence-corrected chi connectivity index (χ0v) is 14.4. The molecule has 1 aliphatic rings. The van der Waals surface area contributed by atoms with E-state index >= 15 is 0 Å². The van der Waals surface area contributed by atoms with Crippen molar-refractivity contribution in [3.05, 3.63) is 58.9 Å². The predicted molar refractivity (Wildman–Crippen MR) is 93.2 cm³/mol. The third-order valence-corrected chi connectivity index (χ3v) is 5.01. The van der Waals surface area contributed by atoms with E-state index < -0.39 is 5.82 Å². The van der Waals surface area contributed by atoms with Crippen molar-refractivity contribution in [1.29, 1.82) is 0 Å². The molecule has 25 heavy (non-hydrogen) atoms. The second-order valence-corrected chi connectivity index (χ2v) is 6.67. The Morgan fingerprint density at radius 1 is 1.36 bits per heavy atom. The number of nitrogens with zero attached hydrogens (tertiary/aromatic N) is 4. The summed E-state index contributed by atoms with van der Waals surface area (Å²) in [5.74, 6) is 0.461. The fourth-order valence-electron chi connectivity index (χ4n) is 3.39. The molecule has 0 unspecified atom stereocenters. The van der Waals surface area contributed by atoms with Crippen LogP contribution in [0.5, 0.6) is 0 Å². The number of carbonyl (C=O) groups excluding carboxylic acids is 1. The number of benzene rings is 1. The predicted octanol–water partition coefficient (Wildman–Crippen LogP) is 3.39. The van der Waals surface area contributed by atoms with E-state index in [2.05, 4.69) is 4.98 Å². The Balaban J connectivity index is 1.57. The maximum atomic E-state index is 13.3. The highest BCUT2D eigenvalue weighted by Gasteiger charge is 2.31. The highest BCUT2D eigenvalue weighted by Crippen LogP contribution is 2.30. The van der Waals surface area contributed by atoms with Crippen LogP contribution in [0.1, 0.15) is 28.5 Å². The van der Waals surface area contributed by atoms with Crippen molar-refractivity contribution in [3.63, 3.8) is 0 Å². The minimum Gasteiger partial charge on any atom is -0.338 e. The molecule has 1 fully saturated rings. The first kappa shape index (κ1) is 16.0. The fourth-order valence-corrected chi connectivity index (χ4v) is 3.57. The van der Waals surface area contributed by atoms with Crippen molar-refractivity contribution < 1.29 is 9.18 Å². The summed E-state index contributed by atoms with van der Waals surface area (Å²) in [6.07, 6.45) is 4.36. The quantitative estimate of drug-likeness (QED) is 0.705. The normalized spacial score (nSPS) is 17.4. The van der Waals surface area contributed by atoms with Crippen molar-refractivity contribution in [2.24, 2.45) is 7.05 Å². The molecule has 0 aliphatic carbocycles. The molecule has 3 aromatic rings. The molecule has 4 rings (SSSR count). The van der Waals surface area contributed by atoms with Crippen molar-refractivity contribution in [2.75, 3.05) is 13.1 Å². The smallest absolute Gasteiger partial charge is 0.253 e. The molecule has 0 bridgehead atoms. The number of rotatable bonds is 2. The van der Waals surface area contributed by atoms with Gasteiger partial charge in [0.1, 0.15) is 11.6 Å². The van der Waals surface area contributed by atoms with Gasteiger partial charge in [-0.3, -0.25) is 9.78 Å². The first-order chi connectivity index (χ1) is 12.0. The Morgan fingerprint density at radius 3 is 2.96 bits per heavy atom. The van der Waals surface area contributed by atoms with Gasteiger partial charge in [0, 0.05) is 37.8 Å². The van der Waals surface area contributed by atoms with Gasteiger partial charge in [-0.05, 0) is 30.7 Å². The Bertz CT molecular complexity index is 971. The van der Waals surface area contributed by atoms with Crippen LogP contribution in [0, 0.1) is 5.82 Å². The van der Waals surface area contributed by atoms with E-state index in [1.54, 1.807) is 17.3 Å². The molecule has 5 nitrogen and oxygen atoms in total. The van der Waals surface area contributed by atoms with E-state index in [9.17, 15) is 9.18 Å². The van der Waals surface area contributed by atoms with Gasteiger partial charge in [-0.15, -0.1) is 0 Å². The van der Waals surface area contributed by atoms with E-state index in [-0.39, 0.29) is 16.8 Å². The van der Waals surface area contributed by atoms with Gasteiger partial charge in [-0.1, -0.05) is 11.6 Å². The number of likely N-dealkylation sites (tertiary alicyclic amines) is 1. The first-order valence-corrected chi connectivity index (χ1v) is 8.43. The molecule has 0 saturated carbocycles. The zero-order valence-electron chi connectivity index (χ0n) is 13.6. The van der Waals surface area contributed by atoms with Crippen molar-refractivity contribution in [2.45, 2.75) is 12.3 Å². The monoisotopic (exact) mass is 358 g/mol. The van der Waals surface area contributed by atoms with Crippen LogP contribution in [0.15, 0.2) is 36.7 Å². The molecule has 0 N–H and O–H groups in total. The Labute approximate surface area is 149 Å². The van der Waals surface area contributed by atoms with Crippen LogP contribution in [-0.4, -0.2) is 38.4 Å². The summed E-state index contributed by atoms with van der Waals surface area (Å²) >= 11 is 5.79. The SMILES string of the molecule is Cn1c([C@@H]2CCN(C(=O)c3ccc(F)c(Cl)c3)C2)nc2ccncc21. The van der Waals surface area contributed by atoms with Gasteiger partial charge in [-0.2, -0.15) is 0 Å². The lowest BCUT2D eigenvalue weighted by atomic mass is 10.1. The number of fused-ring (bicyclic) bond motifs is 1. The molecule has 1 atom stereocenters. The molecule has 3 heterocycles. The van der Waals surface area contributed by atoms with Gasteiger partial charge in [0.05, 0.1) is 22.3 Å². The second kappa shape index (κ2) is 6.11. The summed E-state index contributed by atoms with van der Waals surface area (Å²) < 4.78 is 15.3. The van der Waals surface area contributed by atoms with Gasteiger partial charge in [0.25, 0.3) is 5.91 Å². The average Bonchev–Trinajstić information content (AvgIpc) is 3.22. The van der Waals surface area contributed by atoms with Crippen LogP contribution in [0.4, 0.5) is 4.39 Å². The number of hydrogen-bond donors (Lipinski definition) is 0. The lowest BCUT2D eigenvalue weighted by molar-refractivity contribution is 0.0790. The van der Waals surface area contributed by atoms with Crippen molar-refractivity contribution in [3.8, 4) is 0 Å². The van der Waals surface area contributed by atoms with Gasteiger partial charge in [0.2, 0.25) is 0 Å². The third-order valence-electron chi connectivity index (χ3n) is 4.72. The molecule has 128 valence electrons. The number of carbonyl (C=O) groups is 1. The minimum atomic E-state index is -0.522. The Kier molecular flexibility index (Phi) is 3.92. The number of hydrogen-bond acceptors (Lipinski definition) is 3. The number of amides is 1. The number of imidazole rings is 1. The lowest BCUT2D eigenvalue weighted by Crippen LogP contribution is -2.28. The summed E-state index contributed by atoms with van der Waals surface area (Å²) in [6.45, 7) is 1.22. The molecule has 1 aliphatic heterocycles. The third kappa shape index (κ3) is 2.76. The van der Waals surface area contributed by atoms with Crippen LogP contribution < -0.4 is 0 Å². The van der Waals surface area contributed by atoms with E-state index in [1.807, 2.05) is 17.7 Å². The maximum Gasteiger partial charge on any atom is 0.253 e. The van der Waals surface area contributed by atoms with Crippen molar-refractivity contribution in [1.82, 2.24) is 19.4 Å². The highest BCUT2D eigenvalue weighted by atomic mass is 35.5. The zero-order chi connectivity index (χ0) is 17.6. The summed E-state index contributed by atoms with van der Waals surface area (Å²) in [7, 11) is 1.97. The van der Waals surface area contributed by atoms with Crippen LogP contribution in [0.3, 0.4) is 0 Å². The van der Waals surface area contributed by atoms with Crippen LogP contribution in [0.25, 0.3) is 11.0 Å². The van der Waals surface area contributed by atoms with Gasteiger partial charge in [0.15, 0.2) is 0 Å². The number of pyridine rings is 1. The average molecular weight is 359 g/mol. The van der Waals surface area contributed by atoms with Crippen molar-refractivity contribution >= 4 is 28.5 Å². The van der Waals surface area contributed by atoms with Crippen LogP contribution in [0.2, 0.25) is 5.02 Å². The van der Waals surface area contributed by atoms with E-state index in [0.29, 0.717) is 18.7 Å². The largest absolute Gasteiger partial charge is 0.338 e. The highest BCUT2D eigenvalue weighted by molar-refractivity contribution is 6.31. The Hall–Kier alpha value is -2.47. The van der Waals surface area contributed by atoms with Gasteiger partial charge >= 0.3 is 0 Å². The topological polar surface area (TPSA) is 51.0 Å². The molecule has 1 saturated heterocycles. The second-order valence-electron chi connectivity index (χ2n) is 6.26. The molecule has 7 heteroatoms. The number of halogens is 2. The molecular weight excluding hydrogens is 343 g/mol. The fraction of sp³-hybridized carbons (Fsp3) is 0.278. The molecule has 0 spiro atoms. The summed E-state index contributed by atoms with van der Waals surface area (Å²) in [4.78, 5) is 23.3. The number of aromatic nitrogens is 3. The molecular formula is C18H16ClFN4O. The number of aryl methyl sites for hydroxylation is 1. The van der Waals surface area contributed by atoms with Gasteiger partial charge in [-0.25, -0.2) is 9.37 Å². The maximum absolute atomic E-state index is 13.3. The summed E-state index contributed by atoms with van der Waals surface area (Å²) in [6, 6.07) is 5.96. The van der Waals surface area contributed by atoms with Gasteiger partial charge < -0.3 is 9.47 Å². The van der Waals surface area contributed by atoms with E-state index in [4.69, 9.17) is 16.6 Å². The summed E-state index contributed by atoms with van der Waals surface area (Å²) in [5, 5.41) is -0.0375. The van der Waals surface area contributed by atoms with Crippen LogP contribution >= 0.6 is 11.6 Å². The standard InChI is InChI=1S/C18H16ClFN4O/c1-23-16-9-21-6-4-15(16)22-17(23)12-5-7-24(10-12)18(25)11-2-3-14(20)13(19)8-11/h2-4,6,8-9,12H,5,7,10H2,1H3/t12-/m1/s1. The van der Waals surface area contributed by atoms with E-state index in [0.717, 1.165) is 23.3 Å². The summed E-state index contributed by atoms with van der Waals surface area (Å²) in [5.41, 5.74) is 2.29. The molecule has 1 amide bonds. The molecule has 2 aromatic heterocycles. The minimum absolute atomic E-state index is 0.0375. The lowest BCUT2D eigenvalue weighted by Gasteiger charge is -2.17. The molecule has 0 radical (unpaired) electrons. The molecule has 1 aromatic carbocycles.